The highest BCUT2D eigenvalue weighted by atomic mass is 79.9. The number of halogens is 1. The molecule has 20 heavy (non-hydrogen) atoms. The van der Waals surface area contributed by atoms with Gasteiger partial charge in [0.2, 0.25) is 0 Å². The van der Waals surface area contributed by atoms with Crippen molar-refractivity contribution >= 4 is 38.3 Å². The number of nitrogens with one attached hydrogen (secondary N) is 2. The van der Waals surface area contributed by atoms with Crippen molar-refractivity contribution in [3.63, 3.8) is 0 Å². The molecular formula is C16H12BrN3. The maximum atomic E-state index is 9.36. The van der Waals surface area contributed by atoms with E-state index in [0.717, 1.165) is 26.9 Å². The minimum Gasteiger partial charge on any atom is -0.341 e. The van der Waals surface area contributed by atoms with E-state index in [4.69, 9.17) is 0 Å². The van der Waals surface area contributed by atoms with E-state index in [2.05, 4.69) is 32.3 Å². The largest absolute Gasteiger partial charge is 0.341 e. The van der Waals surface area contributed by atoms with Crippen LogP contribution in [0, 0.1) is 18.3 Å². The Balaban J connectivity index is 2.06. The molecule has 0 unspecified atom stereocenters. The van der Waals surface area contributed by atoms with E-state index in [-0.39, 0.29) is 0 Å². The van der Waals surface area contributed by atoms with Crippen molar-refractivity contribution < 1.29 is 0 Å². The standard InChI is InChI=1S/C16H12BrN3/c1-10-6-7-11(8-14(10)17)19-16-13(9-18)12-4-2-3-5-15(12)20-16/h2-8,19-20H,1H3. The molecule has 0 aliphatic rings. The molecular weight excluding hydrogens is 314 g/mol. The van der Waals surface area contributed by atoms with Gasteiger partial charge in [-0.1, -0.05) is 40.2 Å². The summed E-state index contributed by atoms with van der Waals surface area (Å²) in [6.45, 7) is 2.04. The summed E-state index contributed by atoms with van der Waals surface area (Å²) in [6.07, 6.45) is 0. The number of aromatic amines is 1. The third kappa shape index (κ3) is 2.17. The Bertz CT molecular complexity index is 827. The number of aryl methyl sites for hydroxylation is 1. The van der Waals surface area contributed by atoms with Crippen molar-refractivity contribution in [2.75, 3.05) is 5.32 Å². The number of hydrogen-bond donors (Lipinski definition) is 2. The molecule has 1 heterocycles. The van der Waals surface area contributed by atoms with Gasteiger partial charge in [-0.3, -0.25) is 0 Å². The first-order valence-electron chi connectivity index (χ1n) is 6.23. The summed E-state index contributed by atoms with van der Waals surface area (Å²) in [5.74, 6) is 0.726. The lowest BCUT2D eigenvalue weighted by molar-refractivity contribution is 1.37. The third-order valence-corrected chi connectivity index (χ3v) is 4.11. The Hall–Kier alpha value is -2.25. The highest BCUT2D eigenvalue weighted by molar-refractivity contribution is 9.10. The summed E-state index contributed by atoms with van der Waals surface area (Å²) in [5.41, 5.74) is 3.70. The van der Waals surface area contributed by atoms with Gasteiger partial charge in [0.05, 0.1) is 0 Å². The van der Waals surface area contributed by atoms with Gasteiger partial charge in [-0.2, -0.15) is 5.26 Å². The van der Waals surface area contributed by atoms with E-state index >= 15 is 0 Å². The molecule has 0 radical (unpaired) electrons. The molecule has 0 saturated heterocycles. The molecule has 2 N–H and O–H groups in total. The van der Waals surface area contributed by atoms with E-state index in [1.165, 1.54) is 5.56 Å². The molecule has 0 bridgehead atoms. The van der Waals surface area contributed by atoms with Crippen LogP contribution in [-0.4, -0.2) is 4.98 Å². The number of aromatic nitrogens is 1. The zero-order chi connectivity index (χ0) is 14.1. The van der Waals surface area contributed by atoms with Crippen molar-refractivity contribution in [2.45, 2.75) is 6.92 Å². The van der Waals surface area contributed by atoms with Crippen LogP contribution in [0.1, 0.15) is 11.1 Å². The summed E-state index contributed by atoms with van der Waals surface area (Å²) in [7, 11) is 0. The molecule has 0 atom stereocenters. The van der Waals surface area contributed by atoms with Crippen LogP contribution in [0.15, 0.2) is 46.9 Å². The number of nitrogens with zero attached hydrogens (tertiary/aromatic N) is 1. The summed E-state index contributed by atoms with van der Waals surface area (Å²) < 4.78 is 1.04. The van der Waals surface area contributed by atoms with Crippen LogP contribution in [0.4, 0.5) is 11.5 Å². The zero-order valence-electron chi connectivity index (χ0n) is 10.9. The molecule has 3 aromatic rings. The third-order valence-electron chi connectivity index (χ3n) is 3.26. The smallest absolute Gasteiger partial charge is 0.127 e. The fourth-order valence-electron chi connectivity index (χ4n) is 2.17. The lowest BCUT2D eigenvalue weighted by Gasteiger charge is -2.06. The Morgan fingerprint density at radius 2 is 2.00 bits per heavy atom. The number of hydrogen-bond acceptors (Lipinski definition) is 2. The zero-order valence-corrected chi connectivity index (χ0v) is 12.5. The minimum atomic E-state index is 0.636. The number of nitriles is 1. The van der Waals surface area contributed by atoms with Crippen molar-refractivity contribution in [3.05, 3.63) is 58.1 Å². The van der Waals surface area contributed by atoms with Crippen molar-refractivity contribution in [3.8, 4) is 6.07 Å². The van der Waals surface area contributed by atoms with Crippen molar-refractivity contribution in [1.82, 2.24) is 4.98 Å². The Labute approximate surface area is 125 Å². The van der Waals surface area contributed by atoms with Crippen LogP contribution in [0.25, 0.3) is 10.9 Å². The first-order chi connectivity index (χ1) is 9.69. The van der Waals surface area contributed by atoms with Crippen molar-refractivity contribution in [2.24, 2.45) is 0 Å². The van der Waals surface area contributed by atoms with Gasteiger partial charge in [-0.25, -0.2) is 0 Å². The van der Waals surface area contributed by atoms with Crippen LogP contribution >= 0.6 is 15.9 Å². The maximum Gasteiger partial charge on any atom is 0.127 e. The predicted octanol–water partition coefficient (Wildman–Crippen LogP) is 4.85. The molecule has 0 fully saturated rings. The predicted molar refractivity (Wildman–Crippen MR) is 85.2 cm³/mol. The highest BCUT2D eigenvalue weighted by Crippen LogP contribution is 2.29. The van der Waals surface area contributed by atoms with Crippen LogP contribution < -0.4 is 5.32 Å². The fraction of sp³-hybridized carbons (Fsp3) is 0.0625. The summed E-state index contributed by atoms with van der Waals surface area (Å²) in [4.78, 5) is 3.25. The van der Waals surface area contributed by atoms with E-state index in [1.54, 1.807) is 0 Å². The maximum absolute atomic E-state index is 9.36. The first kappa shape index (κ1) is 12.8. The normalized spacial score (nSPS) is 10.4. The van der Waals surface area contributed by atoms with E-state index in [9.17, 15) is 5.26 Å². The van der Waals surface area contributed by atoms with Gasteiger partial charge in [0, 0.05) is 21.1 Å². The van der Waals surface area contributed by atoms with Gasteiger partial charge in [0.15, 0.2) is 0 Å². The van der Waals surface area contributed by atoms with Gasteiger partial charge < -0.3 is 10.3 Å². The van der Waals surface area contributed by atoms with E-state index in [0.29, 0.717) is 5.56 Å². The highest BCUT2D eigenvalue weighted by Gasteiger charge is 2.11. The molecule has 3 nitrogen and oxygen atoms in total. The average Bonchev–Trinajstić information content (AvgIpc) is 2.80. The second-order valence-corrected chi connectivity index (χ2v) is 5.48. The molecule has 2 aromatic carbocycles. The lowest BCUT2D eigenvalue weighted by Crippen LogP contribution is -1.93. The Kier molecular flexibility index (Phi) is 3.21. The van der Waals surface area contributed by atoms with Crippen LogP contribution in [-0.2, 0) is 0 Å². The van der Waals surface area contributed by atoms with Gasteiger partial charge in [-0.05, 0) is 30.7 Å². The number of H-pyrrole nitrogens is 1. The topological polar surface area (TPSA) is 51.6 Å². The molecule has 0 aliphatic heterocycles. The van der Waals surface area contributed by atoms with Crippen LogP contribution in [0.5, 0.6) is 0 Å². The Morgan fingerprint density at radius 3 is 2.75 bits per heavy atom. The van der Waals surface area contributed by atoms with Gasteiger partial charge in [0.25, 0.3) is 0 Å². The molecule has 3 rings (SSSR count). The van der Waals surface area contributed by atoms with Crippen LogP contribution in [0.3, 0.4) is 0 Å². The fourth-order valence-corrected chi connectivity index (χ4v) is 2.55. The summed E-state index contributed by atoms with van der Waals surface area (Å²) in [5, 5.41) is 13.6. The quantitative estimate of drug-likeness (QED) is 0.707. The number of anilines is 2. The van der Waals surface area contributed by atoms with E-state index < -0.39 is 0 Å². The summed E-state index contributed by atoms with van der Waals surface area (Å²) in [6, 6.07) is 16.1. The minimum absolute atomic E-state index is 0.636. The SMILES string of the molecule is Cc1ccc(Nc2[nH]c3ccccc3c2C#N)cc1Br. The molecule has 0 saturated carbocycles. The molecule has 98 valence electrons. The second kappa shape index (κ2) is 5.03. The van der Waals surface area contributed by atoms with Gasteiger partial charge in [-0.15, -0.1) is 0 Å². The molecule has 0 amide bonds. The molecule has 4 heteroatoms. The molecule has 0 aliphatic carbocycles. The number of rotatable bonds is 2. The lowest BCUT2D eigenvalue weighted by atomic mass is 10.2. The van der Waals surface area contributed by atoms with E-state index in [1.807, 2.05) is 49.4 Å². The number of para-hydroxylation sites is 1. The van der Waals surface area contributed by atoms with Gasteiger partial charge in [0.1, 0.15) is 17.5 Å². The van der Waals surface area contributed by atoms with Crippen LogP contribution in [0.2, 0.25) is 0 Å². The first-order valence-corrected chi connectivity index (χ1v) is 7.02. The van der Waals surface area contributed by atoms with Crippen molar-refractivity contribution in [1.29, 1.82) is 5.26 Å². The van der Waals surface area contributed by atoms with Gasteiger partial charge >= 0.3 is 0 Å². The molecule has 1 aromatic heterocycles. The second-order valence-electron chi connectivity index (χ2n) is 4.62. The monoisotopic (exact) mass is 325 g/mol. The Morgan fingerprint density at radius 1 is 1.20 bits per heavy atom. The summed E-state index contributed by atoms with van der Waals surface area (Å²) >= 11 is 3.51. The number of benzene rings is 2. The number of fused-ring (bicyclic) bond motifs is 1. The average molecular weight is 326 g/mol. The molecule has 0 spiro atoms.